The summed E-state index contributed by atoms with van der Waals surface area (Å²) in [7, 11) is 1.25. The lowest BCUT2D eigenvalue weighted by molar-refractivity contribution is -0.142. The number of ketones is 1. The number of nitrogens with zero attached hydrogens (tertiary/aromatic N) is 1. The van der Waals surface area contributed by atoms with E-state index in [1.165, 1.54) is 17.7 Å². The molecule has 1 aliphatic carbocycles. The third-order valence-electron chi connectivity index (χ3n) is 7.32. The highest BCUT2D eigenvalue weighted by Crippen LogP contribution is 2.35. The van der Waals surface area contributed by atoms with Crippen LogP contribution < -0.4 is 10.9 Å². The van der Waals surface area contributed by atoms with Crippen LogP contribution in [0.5, 0.6) is 0 Å². The van der Waals surface area contributed by atoms with E-state index in [0.29, 0.717) is 29.8 Å². The van der Waals surface area contributed by atoms with E-state index in [-0.39, 0.29) is 23.2 Å². The Balaban J connectivity index is 1.57. The van der Waals surface area contributed by atoms with Gasteiger partial charge in [0.05, 0.1) is 7.11 Å². The number of Topliss-reactive ketones (excluding diaryl/α,β-unsaturated/α-hetero) is 1. The maximum Gasteiger partial charge on any atom is 0.328 e. The normalized spacial score (nSPS) is 15.0. The quantitative estimate of drug-likeness (QED) is 0.365. The first-order valence-corrected chi connectivity index (χ1v) is 12.9. The molecule has 200 valence electrons. The lowest BCUT2D eigenvalue weighted by Gasteiger charge is -2.32. The second kappa shape index (κ2) is 10.0. The molecule has 2 N–H and O–H groups in total. The third-order valence-corrected chi connectivity index (χ3v) is 7.32. The van der Waals surface area contributed by atoms with Gasteiger partial charge in [0.15, 0.2) is 5.78 Å². The van der Waals surface area contributed by atoms with Crippen molar-refractivity contribution >= 4 is 28.6 Å². The van der Waals surface area contributed by atoms with Gasteiger partial charge < -0.3 is 15.0 Å². The van der Waals surface area contributed by atoms with E-state index in [1.54, 1.807) is 18.3 Å². The number of carbonyl (C=O) groups is 3. The minimum Gasteiger partial charge on any atom is -0.467 e. The summed E-state index contributed by atoms with van der Waals surface area (Å²) < 4.78 is 6.44. The van der Waals surface area contributed by atoms with Crippen molar-refractivity contribution in [3.63, 3.8) is 0 Å². The first kappa shape index (κ1) is 26.2. The van der Waals surface area contributed by atoms with Gasteiger partial charge in [-0.1, -0.05) is 49.7 Å². The summed E-state index contributed by atoms with van der Waals surface area (Å²) in [6.45, 7) is 5.92. The van der Waals surface area contributed by atoms with E-state index in [0.717, 1.165) is 22.0 Å². The number of aromatic amines is 1. The van der Waals surface area contributed by atoms with Gasteiger partial charge in [-0.15, -0.1) is 0 Å². The molecule has 8 nitrogen and oxygen atoms in total. The van der Waals surface area contributed by atoms with Crippen molar-refractivity contribution in [3.05, 3.63) is 99.1 Å². The van der Waals surface area contributed by atoms with Crippen molar-refractivity contribution < 1.29 is 19.1 Å². The number of rotatable bonds is 6. The van der Waals surface area contributed by atoms with Gasteiger partial charge in [-0.25, -0.2) is 4.79 Å². The zero-order chi connectivity index (χ0) is 27.9. The monoisotopic (exact) mass is 525 g/mol. The number of hydrogen-bond donors (Lipinski definition) is 2. The van der Waals surface area contributed by atoms with Crippen LogP contribution in [0.15, 0.2) is 65.6 Å². The molecule has 2 heterocycles. The van der Waals surface area contributed by atoms with Gasteiger partial charge in [0.2, 0.25) is 0 Å². The highest BCUT2D eigenvalue weighted by atomic mass is 16.5. The standard InChI is InChI=1S/C31H31N3O5/c1-18-9-11-20(12-10-18)34-26-15-31(2,3)16-27(35)22(26)14-23(29(34)37)28(36)33-25(30(38)39-4)13-19-17-32-24-8-6-5-7-21(19)24/h5-12,14,17,25,32H,13,15-16H2,1-4H3,(H,33,36)/t25-/m0/s1. The molecule has 1 amide bonds. The molecule has 0 aliphatic heterocycles. The van der Waals surface area contributed by atoms with E-state index in [1.807, 2.05) is 57.2 Å². The number of esters is 1. The molecule has 39 heavy (non-hydrogen) atoms. The molecule has 1 aliphatic rings. The van der Waals surface area contributed by atoms with Crippen molar-refractivity contribution in [2.75, 3.05) is 7.11 Å². The average molecular weight is 526 g/mol. The van der Waals surface area contributed by atoms with Crippen molar-refractivity contribution in [3.8, 4) is 5.69 Å². The smallest absolute Gasteiger partial charge is 0.328 e. The first-order valence-electron chi connectivity index (χ1n) is 12.9. The van der Waals surface area contributed by atoms with Gasteiger partial charge in [-0.05, 0) is 48.6 Å². The fourth-order valence-electron chi connectivity index (χ4n) is 5.34. The summed E-state index contributed by atoms with van der Waals surface area (Å²) in [5, 5.41) is 3.62. The van der Waals surface area contributed by atoms with Crippen LogP contribution in [0, 0.1) is 12.3 Å². The third kappa shape index (κ3) is 5.02. The molecule has 0 fully saturated rings. The number of methoxy groups -OCH3 is 1. The number of H-pyrrole nitrogens is 1. The van der Waals surface area contributed by atoms with Crippen LogP contribution in [-0.2, 0) is 22.4 Å². The number of pyridine rings is 1. The fraction of sp³-hybridized carbons (Fsp3) is 0.290. The Bertz CT molecular complexity index is 1660. The molecule has 0 saturated carbocycles. The number of carbonyl (C=O) groups excluding carboxylic acids is 3. The van der Waals surface area contributed by atoms with Crippen LogP contribution in [0.25, 0.3) is 16.6 Å². The summed E-state index contributed by atoms with van der Waals surface area (Å²) in [6, 6.07) is 15.4. The predicted octanol–water partition coefficient (Wildman–Crippen LogP) is 4.30. The minimum absolute atomic E-state index is 0.125. The van der Waals surface area contributed by atoms with Gasteiger partial charge >= 0.3 is 5.97 Å². The highest BCUT2D eigenvalue weighted by molar-refractivity contribution is 6.03. The Labute approximate surface area is 226 Å². The lowest BCUT2D eigenvalue weighted by Crippen LogP contribution is -2.46. The zero-order valence-corrected chi connectivity index (χ0v) is 22.5. The molecule has 0 saturated heterocycles. The molecule has 2 aromatic heterocycles. The summed E-state index contributed by atoms with van der Waals surface area (Å²) in [5.74, 6) is -1.50. The van der Waals surface area contributed by atoms with Crippen LogP contribution in [0.3, 0.4) is 0 Å². The Morgan fingerprint density at radius 1 is 1.08 bits per heavy atom. The molecular weight excluding hydrogens is 494 g/mol. The summed E-state index contributed by atoms with van der Waals surface area (Å²) in [4.78, 5) is 56.6. The number of aryl methyl sites for hydroxylation is 1. The van der Waals surface area contributed by atoms with Gasteiger partial charge in [-0.2, -0.15) is 0 Å². The molecule has 0 bridgehead atoms. The average Bonchev–Trinajstić information content (AvgIpc) is 3.30. The van der Waals surface area contributed by atoms with Crippen LogP contribution in [0.2, 0.25) is 0 Å². The second-order valence-electron chi connectivity index (χ2n) is 10.9. The van der Waals surface area contributed by atoms with Crippen LogP contribution >= 0.6 is 0 Å². The second-order valence-corrected chi connectivity index (χ2v) is 10.9. The van der Waals surface area contributed by atoms with Crippen molar-refractivity contribution in [2.45, 2.75) is 46.1 Å². The SMILES string of the molecule is COC(=O)[C@H](Cc1c[nH]c2ccccc12)NC(=O)c1cc2c(n(-c3ccc(C)cc3)c1=O)CC(C)(C)CC2=O. The summed E-state index contributed by atoms with van der Waals surface area (Å²) >= 11 is 0. The van der Waals surface area contributed by atoms with Crippen LogP contribution in [0.4, 0.5) is 0 Å². The van der Waals surface area contributed by atoms with E-state index < -0.39 is 23.5 Å². The van der Waals surface area contributed by atoms with Crippen molar-refractivity contribution in [1.82, 2.24) is 14.9 Å². The zero-order valence-electron chi connectivity index (χ0n) is 22.5. The molecule has 2 aromatic carbocycles. The van der Waals surface area contributed by atoms with E-state index in [4.69, 9.17) is 4.74 Å². The molecule has 4 aromatic rings. The number of ether oxygens (including phenoxy) is 1. The van der Waals surface area contributed by atoms with Crippen molar-refractivity contribution in [1.29, 1.82) is 0 Å². The van der Waals surface area contributed by atoms with E-state index in [2.05, 4.69) is 10.3 Å². The topological polar surface area (TPSA) is 110 Å². The van der Waals surface area contributed by atoms with Crippen molar-refractivity contribution in [2.24, 2.45) is 5.41 Å². The Kier molecular flexibility index (Phi) is 6.72. The molecule has 1 atom stereocenters. The van der Waals surface area contributed by atoms with Gasteiger partial charge in [0.1, 0.15) is 11.6 Å². The molecule has 0 radical (unpaired) electrons. The minimum atomic E-state index is -1.04. The van der Waals surface area contributed by atoms with Gasteiger partial charge in [0.25, 0.3) is 11.5 Å². The highest BCUT2D eigenvalue weighted by Gasteiger charge is 2.35. The summed E-state index contributed by atoms with van der Waals surface area (Å²) in [5.41, 5.74) is 3.18. The number of nitrogens with one attached hydrogen (secondary N) is 2. The fourth-order valence-corrected chi connectivity index (χ4v) is 5.34. The number of aromatic nitrogens is 2. The first-order chi connectivity index (χ1) is 18.6. The van der Waals surface area contributed by atoms with E-state index >= 15 is 0 Å². The number of hydrogen-bond acceptors (Lipinski definition) is 5. The number of benzene rings is 2. The maximum atomic E-state index is 13.9. The molecule has 0 spiro atoms. The molecule has 0 unspecified atom stereocenters. The lowest BCUT2D eigenvalue weighted by atomic mass is 9.75. The Hall–Kier alpha value is -4.46. The molecule has 5 rings (SSSR count). The van der Waals surface area contributed by atoms with E-state index in [9.17, 15) is 19.2 Å². The summed E-state index contributed by atoms with van der Waals surface area (Å²) in [6.07, 6.45) is 2.76. The molecule has 8 heteroatoms. The predicted molar refractivity (Wildman–Crippen MR) is 148 cm³/mol. The van der Waals surface area contributed by atoms with Gasteiger partial charge in [0, 0.05) is 46.9 Å². The molecular formula is C31H31N3O5. The Morgan fingerprint density at radius 3 is 2.51 bits per heavy atom. The largest absolute Gasteiger partial charge is 0.467 e. The number of para-hydroxylation sites is 1. The van der Waals surface area contributed by atoms with Gasteiger partial charge in [-0.3, -0.25) is 19.0 Å². The van der Waals surface area contributed by atoms with Crippen LogP contribution in [0.1, 0.15) is 57.8 Å². The maximum absolute atomic E-state index is 13.9. The van der Waals surface area contributed by atoms with Crippen LogP contribution in [-0.4, -0.2) is 40.4 Å². The number of fused-ring (bicyclic) bond motifs is 2. The number of amides is 1. The Morgan fingerprint density at radius 2 is 1.79 bits per heavy atom.